The van der Waals surface area contributed by atoms with Crippen molar-refractivity contribution in [2.75, 3.05) is 11.9 Å². The van der Waals surface area contributed by atoms with Gasteiger partial charge in [-0.25, -0.2) is 4.39 Å². The Kier molecular flexibility index (Phi) is 5.35. The normalized spacial score (nSPS) is 18.3. The molecule has 0 aliphatic heterocycles. The van der Waals surface area contributed by atoms with Gasteiger partial charge in [0.15, 0.2) is 0 Å². The standard InChI is InChI=1S/C21H23FN2O2/c1-13-7-8-19(14(2)11-13)24-21(26)17-12-16(17)20(25)23-10-9-15-5-3-4-6-18(15)22/h3-8,11,16-17H,9-10,12H2,1-2H3,(H,23,25)(H,24,26). The van der Waals surface area contributed by atoms with Gasteiger partial charge in [0.1, 0.15) is 5.82 Å². The van der Waals surface area contributed by atoms with Crippen LogP contribution >= 0.6 is 0 Å². The summed E-state index contributed by atoms with van der Waals surface area (Å²) in [6, 6.07) is 12.4. The minimum absolute atomic E-state index is 0.119. The number of carbonyl (C=O) groups is 2. The predicted octanol–water partition coefficient (Wildman–Crippen LogP) is 3.38. The first-order valence-electron chi connectivity index (χ1n) is 8.85. The Morgan fingerprint density at radius 1 is 1.08 bits per heavy atom. The molecule has 2 unspecified atom stereocenters. The van der Waals surface area contributed by atoms with Crippen LogP contribution in [0, 0.1) is 31.5 Å². The SMILES string of the molecule is Cc1ccc(NC(=O)C2CC2C(=O)NCCc2ccccc2F)c(C)c1. The third-order valence-electron chi connectivity index (χ3n) is 4.76. The topological polar surface area (TPSA) is 58.2 Å². The molecule has 0 radical (unpaired) electrons. The molecule has 1 saturated carbocycles. The highest BCUT2D eigenvalue weighted by molar-refractivity contribution is 5.99. The van der Waals surface area contributed by atoms with Gasteiger partial charge < -0.3 is 10.6 Å². The quantitative estimate of drug-likeness (QED) is 0.836. The fraction of sp³-hybridized carbons (Fsp3) is 0.333. The molecule has 0 spiro atoms. The summed E-state index contributed by atoms with van der Waals surface area (Å²) in [5, 5.41) is 5.71. The van der Waals surface area contributed by atoms with E-state index in [1.54, 1.807) is 18.2 Å². The van der Waals surface area contributed by atoms with Crippen LogP contribution < -0.4 is 10.6 Å². The lowest BCUT2D eigenvalue weighted by Gasteiger charge is -2.09. The van der Waals surface area contributed by atoms with Crippen molar-refractivity contribution in [3.8, 4) is 0 Å². The van der Waals surface area contributed by atoms with E-state index in [2.05, 4.69) is 10.6 Å². The first-order chi connectivity index (χ1) is 12.5. The number of carbonyl (C=O) groups excluding carboxylic acids is 2. The Morgan fingerprint density at radius 2 is 1.81 bits per heavy atom. The van der Waals surface area contributed by atoms with Crippen LogP contribution in [0.4, 0.5) is 10.1 Å². The van der Waals surface area contributed by atoms with E-state index in [1.165, 1.54) is 6.07 Å². The van der Waals surface area contributed by atoms with Crippen LogP contribution in [0.25, 0.3) is 0 Å². The number of halogens is 1. The zero-order valence-corrected chi connectivity index (χ0v) is 15.0. The van der Waals surface area contributed by atoms with Gasteiger partial charge in [-0.2, -0.15) is 0 Å². The lowest BCUT2D eigenvalue weighted by Crippen LogP contribution is -2.29. The fourth-order valence-corrected chi connectivity index (χ4v) is 3.11. The number of hydrogen-bond acceptors (Lipinski definition) is 2. The summed E-state index contributed by atoms with van der Waals surface area (Å²) in [4.78, 5) is 24.5. The molecule has 2 amide bonds. The summed E-state index contributed by atoms with van der Waals surface area (Å²) < 4.78 is 13.6. The van der Waals surface area contributed by atoms with Gasteiger partial charge in [0.25, 0.3) is 0 Å². The van der Waals surface area contributed by atoms with Crippen molar-refractivity contribution in [1.82, 2.24) is 5.32 Å². The van der Waals surface area contributed by atoms with Gasteiger partial charge in [-0.15, -0.1) is 0 Å². The van der Waals surface area contributed by atoms with Crippen LogP contribution in [0.5, 0.6) is 0 Å². The molecule has 136 valence electrons. The molecule has 2 N–H and O–H groups in total. The molecule has 2 aromatic rings. The Labute approximate surface area is 152 Å². The highest BCUT2D eigenvalue weighted by Crippen LogP contribution is 2.39. The van der Waals surface area contributed by atoms with E-state index in [1.807, 2.05) is 32.0 Å². The first-order valence-corrected chi connectivity index (χ1v) is 8.85. The minimum Gasteiger partial charge on any atom is -0.356 e. The number of amides is 2. The number of anilines is 1. The molecule has 0 aromatic heterocycles. The van der Waals surface area contributed by atoms with Crippen molar-refractivity contribution < 1.29 is 14.0 Å². The maximum atomic E-state index is 13.6. The van der Waals surface area contributed by atoms with Crippen molar-refractivity contribution in [2.24, 2.45) is 11.8 Å². The van der Waals surface area contributed by atoms with Crippen LogP contribution in [-0.4, -0.2) is 18.4 Å². The van der Waals surface area contributed by atoms with Gasteiger partial charge in [-0.1, -0.05) is 35.9 Å². The van der Waals surface area contributed by atoms with E-state index in [9.17, 15) is 14.0 Å². The minimum atomic E-state index is -0.290. The van der Waals surface area contributed by atoms with Gasteiger partial charge in [0, 0.05) is 12.2 Å². The highest BCUT2D eigenvalue weighted by Gasteiger charge is 2.47. The first kappa shape index (κ1) is 18.1. The van der Waals surface area contributed by atoms with Crippen LogP contribution in [0.1, 0.15) is 23.1 Å². The molecule has 3 rings (SSSR count). The molecule has 0 saturated heterocycles. The number of aryl methyl sites for hydroxylation is 2. The zero-order chi connectivity index (χ0) is 18.7. The number of benzene rings is 2. The van der Waals surface area contributed by atoms with E-state index in [0.717, 1.165) is 16.8 Å². The number of nitrogens with one attached hydrogen (secondary N) is 2. The van der Waals surface area contributed by atoms with Crippen LogP contribution in [-0.2, 0) is 16.0 Å². The summed E-state index contributed by atoms with van der Waals surface area (Å²) in [7, 11) is 0. The molecule has 4 nitrogen and oxygen atoms in total. The second-order valence-electron chi connectivity index (χ2n) is 6.89. The van der Waals surface area contributed by atoms with E-state index >= 15 is 0 Å². The molecule has 26 heavy (non-hydrogen) atoms. The Bertz CT molecular complexity index is 835. The molecule has 2 atom stereocenters. The summed E-state index contributed by atoms with van der Waals surface area (Å²) in [5.74, 6) is -1.10. The molecule has 1 aliphatic carbocycles. The van der Waals surface area contributed by atoms with Gasteiger partial charge in [-0.3, -0.25) is 9.59 Å². The Hall–Kier alpha value is -2.69. The molecule has 1 aliphatic rings. The Balaban J connectivity index is 1.46. The summed E-state index contributed by atoms with van der Waals surface area (Å²) in [6.45, 7) is 4.31. The monoisotopic (exact) mass is 354 g/mol. The number of hydrogen-bond donors (Lipinski definition) is 2. The van der Waals surface area contributed by atoms with E-state index < -0.39 is 0 Å². The lowest BCUT2D eigenvalue weighted by atomic mass is 10.1. The van der Waals surface area contributed by atoms with Crippen molar-refractivity contribution in [3.05, 3.63) is 65.0 Å². The van der Waals surface area contributed by atoms with Gasteiger partial charge in [0.05, 0.1) is 11.8 Å². The predicted molar refractivity (Wildman–Crippen MR) is 99.3 cm³/mol. The molecule has 1 fully saturated rings. The van der Waals surface area contributed by atoms with Crippen LogP contribution in [0.3, 0.4) is 0 Å². The zero-order valence-electron chi connectivity index (χ0n) is 15.0. The lowest BCUT2D eigenvalue weighted by molar-refractivity contribution is -0.125. The van der Waals surface area contributed by atoms with E-state index in [-0.39, 0.29) is 29.5 Å². The summed E-state index contributed by atoms with van der Waals surface area (Å²) in [6.07, 6.45) is 0.993. The Morgan fingerprint density at radius 3 is 2.54 bits per heavy atom. The molecule has 0 bridgehead atoms. The third-order valence-corrected chi connectivity index (χ3v) is 4.76. The molecule has 2 aromatic carbocycles. The molecular formula is C21H23FN2O2. The van der Waals surface area contributed by atoms with Gasteiger partial charge in [-0.05, 0) is 49.9 Å². The molecule has 5 heteroatoms. The van der Waals surface area contributed by atoms with Gasteiger partial charge >= 0.3 is 0 Å². The summed E-state index contributed by atoms with van der Waals surface area (Å²) in [5.41, 5.74) is 3.50. The second kappa shape index (κ2) is 7.68. The van der Waals surface area contributed by atoms with Crippen LogP contribution in [0.15, 0.2) is 42.5 Å². The average molecular weight is 354 g/mol. The molecule has 0 heterocycles. The third kappa shape index (κ3) is 4.28. The summed E-state index contributed by atoms with van der Waals surface area (Å²) >= 11 is 0. The van der Waals surface area contributed by atoms with E-state index in [0.29, 0.717) is 24.9 Å². The van der Waals surface area contributed by atoms with Crippen molar-refractivity contribution in [3.63, 3.8) is 0 Å². The molecular weight excluding hydrogens is 331 g/mol. The maximum Gasteiger partial charge on any atom is 0.228 e. The van der Waals surface area contributed by atoms with E-state index in [4.69, 9.17) is 0 Å². The van der Waals surface area contributed by atoms with Gasteiger partial charge in [0.2, 0.25) is 11.8 Å². The largest absolute Gasteiger partial charge is 0.356 e. The van der Waals surface area contributed by atoms with Crippen molar-refractivity contribution in [2.45, 2.75) is 26.7 Å². The highest BCUT2D eigenvalue weighted by atomic mass is 19.1. The van der Waals surface area contributed by atoms with Crippen molar-refractivity contribution in [1.29, 1.82) is 0 Å². The average Bonchev–Trinajstić information content (AvgIpc) is 3.40. The second-order valence-corrected chi connectivity index (χ2v) is 6.89. The fourth-order valence-electron chi connectivity index (χ4n) is 3.11. The van der Waals surface area contributed by atoms with Crippen molar-refractivity contribution >= 4 is 17.5 Å². The maximum absolute atomic E-state index is 13.6. The van der Waals surface area contributed by atoms with Crippen LogP contribution in [0.2, 0.25) is 0 Å². The smallest absolute Gasteiger partial charge is 0.228 e. The number of rotatable bonds is 6.